The molecule has 29 heavy (non-hydrogen) atoms. The minimum Gasteiger partial charge on any atom is -0.345 e. The summed E-state index contributed by atoms with van der Waals surface area (Å²) in [5.74, 6) is 0.491. The Balaban J connectivity index is 1.34. The summed E-state index contributed by atoms with van der Waals surface area (Å²) in [4.78, 5) is 21.2. The summed E-state index contributed by atoms with van der Waals surface area (Å²) in [7, 11) is 0. The van der Waals surface area contributed by atoms with Crippen molar-refractivity contribution in [2.45, 2.75) is 12.8 Å². The highest BCUT2D eigenvalue weighted by Crippen LogP contribution is 2.21. The maximum absolute atomic E-state index is 13.1. The lowest BCUT2D eigenvalue weighted by Gasteiger charge is -2.21. The topological polar surface area (TPSA) is 61.4 Å². The second-order valence-corrected chi connectivity index (χ2v) is 7.65. The van der Waals surface area contributed by atoms with E-state index in [0.717, 1.165) is 35.2 Å². The van der Waals surface area contributed by atoms with Gasteiger partial charge in [0.25, 0.3) is 0 Å². The van der Waals surface area contributed by atoms with Gasteiger partial charge in [0.2, 0.25) is 5.13 Å². The number of amides is 2. The zero-order chi connectivity index (χ0) is 20.1. The molecule has 1 fully saturated rings. The highest BCUT2D eigenvalue weighted by Gasteiger charge is 2.21. The van der Waals surface area contributed by atoms with Crippen LogP contribution in [0.2, 0.25) is 0 Å². The van der Waals surface area contributed by atoms with E-state index in [-0.39, 0.29) is 11.8 Å². The van der Waals surface area contributed by atoms with Gasteiger partial charge in [-0.3, -0.25) is 0 Å². The van der Waals surface area contributed by atoms with Crippen LogP contribution >= 0.6 is 11.5 Å². The summed E-state index contributed by atoms with van der Waals surface area (Å²) in [5.41, 5.74) is 1.78. The number of para-hydroxylation sites is 1. The molecular weight excluding hydrogens is 389 g/mol. The van der Waals surface area contributed by atoms with Crippen LogP contribution in [0.1, 0.15) is 17.8 Å². The number of benzene rings is 2. The van der Waals surface area contributed by atoms with Gasteiger partial charge in [-0.25, -0.2) is 14.2 Å². The molecule has 2 aromatic carbocycles. The first kappa shape index (κ1) is 19.3. The lowest BCUT2D eigenvalue weighted by Crippen LogP contribution is -2.38. The molecule has 0 unspecified atom stereocenters. The molecule has 0 bridgehead atoms. The van der Waals surface area contributed by atoms with E-state index in [0.29, 0.717) is 26.1 Å². The van der Waals surface area contributed by atoms with E-state index in [2.05, 4.69) is 19.6 Å². The van der Waals surface area contributed by atoms with Crippen molar-refractivity contribution in [1.82, 2.24) is 14.3 Å². The third kappa shape index (κ3) is 5.08. The van der Waals surface area contributed by atoms with Crippen LogP contribution in [0, 0.1) is 5.82 Å². The number of hydrogen-bond donors (Lipinski definition) is 1. The number of urea groups is 1. The van der Waals surface area contributed by atoms with Gasteiger partial charge in [0, 0.05) is 49.8 Å². The molecule has 8 heteroatoms. The normalized spacial score (nSPS) is 14.5. The van der Waals surface area contributed by atoms with E-state index in [1.54, 1.807) is 12.1 Å². The minimum absolute atomic E-state index is 0.0766. The van der Waals surface area contributed by atoms with Crippen molar-refractivity contribution in [2.75, 3.05) is 36.4 Å². The summed E-state index contributed by atoms with van der Waals surface area (Å²) < 4.78 is 17.5. The summed E-state index contributed by atoms with van der Waals surface area (Å²) >= 11 is 1.37. The largest absolute Gasteiger partial charge is 0.345 e. The molecule has 1 aromatic heterocycles. The van der Waals surface area contributed by atoms with E-state index >= 15 is 0 Å². The summed E-state index contributed by atoms with van der Waals surface area (Å²) in [6, 6.07) is 15.8. The van der Waals surface area contributed by atoms with Crippen LogP contribution in [0.15, 0.2) is 54.6 Å². The number of nitrogens with one attached hydrogen (secondary N) is 1. The van der Waals surface area contributed by atoms with E-state index in [9.17, 15) is 9.18 Å². The molecule has 0 atom stereocenters. The third-order valence-corrected chi connectivity index (χ3v) is 5.63. The average Bonchev–Trinajstić information content (AvgIpc) is 3.05. The number of nitrogens with zero attached hydrogens (tertiary/aromatic N) is 4. The average molecular weight is 412 g/mol. The van der Waals surface area contributed by atoms with Gasteiger partial charge in [-0.05, 0) is 36.2 Å². The standard InChI is InChI=1S/C21H22FN5OS/c22-17-9-7-16(8-10-17)15-19-24-21(29-25-19)27-12-4-11-26(13-14-27)20(28)23-18-5-2-1-3-6-18/h1-3,5-10H,4,11-15H2,(H,23,28). The molecule has 1 N–H and O–H groups in total. The second-order valence-electron chi connectivity index (χ2n) is 6.92. The van der Waals surface area contributed by atoms with Crippen LogP contribution in [0.3, 0.4) is 0 Å². The lowest BCUT2D eigenvalue weighted by atomic mass is 10.1. The Hall–Kier alpha value is -3.00. The van der Waals surface area contributed by atoms with E-state index in [1.165, 1.54) is 23.7 Å². The predicted octanol–water partition coefficient (Wildman–Crippen LogP) is 4.01. The first-order valence-electron chi connectivity index (χ1n) is 9.60. The van der Waals surface area contributed by atoms with Crippen molar-refractivity contribution >= 4 is 28.4 Å². The van der Waals surface area contributed by atoms with Crippen molar-refractivity contribution < 1.29 is 9.18 Å². The Bertz CT molecular complexity index is 947. The van der Waals surface area contributed by atoms with Crippen LogP contribution in [0.5, 0.6) is 0 Å². The molecule has 150 valence electrons. The van der Waals surface area contributed by atoms with Gasteiger partial charge in [0.15, 0.2) is 0 Å². The second kappa shape index (κ2) is 9.00. The zero-order valence-electron chi connectivity index (χ0n) is 15.9. The van der Waals surface area contributed by atoms with Gasteiger partial charge in [-0.15, -0.1) is 0 Å². The molecule has 0 aliphatic carbocycles. The van der Waals surface area contributed by atoms with E-state index in [1.807, 2.05) is 35.2 Å². The van der Waals surface area contributed by atoms with Crippen molar-refractivity contribution in [3.8, 4) is 0 Å². The molecule has 0 radical (unpaired) electrons. The van der Waals surface area contributed by atoms with E-state index < -0.39 is 0 Å². The molecule has 0 saturated carbocycles. The number of carbonyl (C=O) groups excluding carboxylic acids is 1. The number of hydrogen-bond acceptors (Lipinski definition) is 5. The summed E-state index contributed by atoms with van der Waals surface area (Å²) in [6.07, 6.45) is 1.45. The Morgan fingerprint density at radius 3 is 2.62 bits per heavy atom. The zero-order valence-corrected chi connectivity index (χ0v) is 16.7. The molecule has 0 spiro atoms. The smallest absolute Gasteiger partial charge is 0.321 e. The molecule has 1 aliphatic rings. The lowest BCUT2D eigenvalue weighted by molar-refractivity contribution is 0.215. The summed E-state index contributed by atoms with van der Waals surface area (Å²) in [5, 5.41) is 3.81. The van der Waals surface area contributed by atoms with Crippen LogP contribution in [0.25, 0.3) is 0 Å². The molecular formula is C21H22FN5OS. The van der Waals surface area contributed by atoms with Crippen molar-refractivity contribution in [2.24, 2.45) is 0 Å². The van der Waals surface area contributed by atoms with Crippen LogP contribution < -0.4 is 10.2 Å². The molecule has 1 aliphatic heterocycles. The first-order chi connectivity index (χ1) is 14.2. The van der Waals surface area contributed by atoms with Gasteiger partial charge in [0.05, 0.1) is 0 Å². The van der Waals surface area contributed by atoms with Crippen molar-refractivity contribution in [1.29, 1.82) is 0 Å². The molecule has 1 saturated heterocycles. The maximum atomic E-state index is 13.1. The first-order valence-corrected chi connectivity index (χ1v) is 10.4. The Morgan fingerprint density at radius 2 is 1.83 bits per heavy atom. The third-order valence-electron chi connectivity index (χ3n) is 4.81. The highest BCUT2D eigenvalue weighted by molar-refractivity contribution is 7.09. The SMILES string of the molecule is O=C(Nc1ccccc1)N1CCCN(c2nc(Cc3ccc(F)cc3)ns2)CC1. The quantitative estimate of drug-likeness (QED) is 0.705. The Kier molecular flexibility index (Phi) is 6.00. The number of aromatic nitrogens is 2. The predicted molar refractivity (Wildman–Crippen MR) is 113 cm³/mol. The van der Waals surface area contributed by atoms with Crippen LogP contribution in [-0.2, 0) is 6.42 Å². The molecule has 2 amide bonds. The van der Waals surface area contributed by atoms with E-state index in [4.69, 9.17) is 0 Å². The fraction of sp³-hybridized carbons (Fsp3) is 0.286. The number of halogens is 1. The van der Waals surface area contributed by atoms with Gasteiger partial charge in [-0.1, -0.05) is 30.3 Å². The van der Waals surface area contributed by atoms with Gasteiger partial charge < -0.3 is 15.1 Å². The van der Waals surface area contributed by atoms with Crippen molar-refractivity contribution in [3.63, 3.8) is 0 Å². The monoisotopic (exact) mass is 411 g/mol. The minimum atomic E-state index is -0.244. The number of anilines is 2. The molecule has 2 heterocycles. The molecule has 4 rings (SSSR count). The number of rotatable bonds is 4. The van der Waals surface area contributed by atoms with Crippen molar-refractivity contribution in [3.05, 3.63) is 71.8 Å². The number of carbonyl (C=O) groups is 1. The Morgan fingerprint density at radius 1 is 1.03 bits per heavy atom. The Labute approximate surface area is 173 Å². The molecule has 6 nitrogen and oxygen atoms in total. The van der Waals surface area contributed by atoms with Crippen LogP contribution in [-0.4, -0.2) is 46.5 Å². The fourth-order valence-corrected chi connectivity index (χ4v) is 4.00. The van der Waals surface area contributed by atoms with Crippen LogP contribution in [0.4, 0.5) is 20.0 Å². The highest BCUT2D eigenvalue weighted by atomic mass is 32.1. The fourth-order valence-electron chi connectivity index (χ4n) is 3.27. The van der Waals surface area contributed by atoms with Gasteiger partial charge >= 0.3 is 6.03 Å². The van der Waals surface area contributed by atoms with Gasteiger partial charge in [0.1, 0.15) is 11.6 Å². The summed E-state index contributed by atoms with van der Waals surface area (Å²) in [6.45, 7) is 2.88. The molecule has 3 aromatic rings. The van der Waals surface area contributed by atoms with Gasteiger partial charge in [-0.2, -0.15) is 4.37 Å². The maximum Gasteiger partial charge on any atom is 0.321 e.